The monoisotopic (exact) mass is 306 g/mol. The zero-order valence-electron chi connectivity index (χ0n) is 11.9. The number of hydrogen-bond donors (Lipinski definition) is 0. The van der Waals surface area contributed by atoms with E-state index in [4.69, 9.17) is 4.74 Å². The van der Waals surface area contributed by atoms with Gasteiger partial charge in [0.1, 0.15) is 12.1 Å². The molecule has 0 unspecified atom stereocenters. The van der Waals surface area contributed by atoms with E-state index in [1.807, 2.05) is 6.92 Å². The SMILES string of the molecule is CCCCOC(=O)CN1C(=O)c2cccc([N+](=O)[O-])c2C1=O. The van der Waals surface area contributed by atoms with Crippen molar-refractivity contribution in [2.75, 3.05) is 13.2 Å². The number of imide groups is 1. The van der Waals surface area contributed by atoms with Gasteiger partial charge < -0.3 is 4.74 Å². The number of benzene rings is 1. The van der Waals surface area contributed by atoms with Gasteiger partial charge in [-0.3, -0.25) is 29.4 Å². The lowest BCUT2D eigenvalue weighted by Gasteiger charge is -2.12. The van der Waals surface area contributed by atoms with Crippen LogP contribution in [0.2, 0.25) is 0 Å². The van der Waals surface area contributed by atoms with Crippen LogP contribution in [-0.2, 0) is 9.53 Å². The number of esters is 1. The zero-order chi connectivity index (χ0) is 16.3. The lowest BCUT2D eigenvalue weighted by Crippen LogP contribution is -2.35. The van der Waals surface area contributed by atoms with Crippen molar-refractivity contribution in [2.24, 2.45) is 0 Å². The summed E-state index contributed by atoms with van der Waals surface area (Å²) in [6, 6.07) is 3.79. The molecule has 1 aliphatic heterocycles. The van der Waals surface area contributed by atoms with Gasteiger partial charge in [0, 0.05) is 6.07 Å². The molecule has 8 nitrogen and oxygen atoms in total. The van der Waals surface area contributed by atoms with Crippen LogP contribution >= 0.6 is 0 Å². The molecule has 0 aliphatic carbocycles. The van der Waals surface area contributed by atoms with E-state index in [1.165, 1.54) is 12.1 Å². The number of rotatable bonds is 6. The fourth-order valence-corrected chi connectivity index (χ4v) is 2.12. The number of nitrogens with zero attached hydrogens (tertiary/aromatic N) is 2. The van der Waals surface area contributed by atoms with Crippen molar-refractivity contribution in [3.8, 4) is 0 Å². The van der Waals surface area contributed by atoms with Gasteiger partial charge >= 0.3 is 5.97 Å². The van der Waals surface area contributed by atoms with Gasteiger partial charge in [-0.1, -0.05) is 19.4 Å². The lowest BCUT2D eigenvalue weighted by atomic mass is 10.1. The first-order valence-electron chi connectivity index (χ1n) is 6.76. The Hall–Kier alpha value is -2.77. The molecule has 1 aromatic rings. The molecule has 1 heterocycles. The van der Waals surface area contributed by atoms with Gasteiger partial charge in [-0.05, 0) is 12.5 Å². The van der Waals surface area contributed by atoms with Crippen molar-refractivity contribution in [3.63, 3.8) is 0 Å². The van der Waals surface area contributed by atoms with Gasteiger partial charge in [0.15, 0.2) is 0 Å². The molecule has 2 amide bonds. The van der Waals surface area contributed by atoms with Gasteiger partial charge in [0.25, 0.3) is 17.5 Å². The van der Waals surface area contributed by atoms with Crippen molar-refractivity contribution in [1.82, 2.24) is 4.90 Å². The minimum absolute atomic E-state index is 0.0689. The molecule has 0 bridgehead atoms. The van der Waals surface area contributed by atoms with Gasteiger partial charge in [-0.25, -0.2) is 0 Å². The zero-order valence-corrected chi connectivity index (χ0v) is 11.9. The minimum Gasteiger partial charge on any atom is -0.464 e. The largest absolute Gasteiger partial charge is 0.464 e. The van der Waals surface area contributed by atoms with Crippen molar-refractivity contribution >= 4 is 23.5 Å². The highest BCUT2D eigenvalue weighted by Crippen LogP contribution is 2.30. The highest BCUT2D eigenvalue weighted by Gasteiger charge is 2.41. The quantitative estimate of drug-likeness (QED) is 0.259. The summed E-state index contributed by atoms with van der Waals surface area (Å²) in [5.74, 6) is -2.29. The number of unbranched alkanes of at least 4 members (excludes halogenated alkanes) is 1. The minimum atomic E-state index is -0.847. The average Bonchev–Trinajstić information content (AvgIpc) is 2.72. The molecule has 1 aromatic carbocycles. The van der Waals surface area contributed by atoms with Crippen LogP contribution in [0.4, 0.5) is 5.69 Å². The summed E-state index contributed by atoms with van der Waals surface area (Å²) in [6.45, 7) is 1.59. The van der Waals surface area contributed by atoms with Crippen LogP contribution in [0.15, 0.2) is 18.2 Å². The number of carbonyl (C=O) groups is 3. The van der Waals surface area contributed by atoms with E-state index in [2.05, 4.69) is 0 Å². The number of amides is 2. The second kappa shape index (κ2) is 6.33. The van der Waals surface area contributed by atoms with Crippen LogP contribution in [0.5, 0.6) is 0 Å². The van der Waals surface area contributed by atoms with Gasteiger partial charge in [-0.15, -0.1) is 0 Å². The first kappa shape index (κ1) is 15.6. The molecule has 22 heavy (non-hydrogen) atoms. The third-order valence-electron chi connectivity index (χ3n) is 3.22. The lowest BCUT2D eigenvalue weighted by molar-refractivity contribution is -0.385. The Kier molecular flexibility index (Phi) is 4.50. The Balaban J connectivity index is 2.19. The van der Waals surface area contributed by atoms with Crippen LogP contribution in [0.1, 0.15) is 40.5 Å². The molecule has 0 radical (unpaired) electrons. The Morgan fingerprint density at radius 2 is 2.05 bits per heavy atom. The van der Waals surface area contributed by atoms with Gasteiger partial charge in [0.05, 0.1) is 17.1 Å². The van der Waals surface area contributed by atoms with Crippen LogP contribution < -0.4 is 0 Å². The Labute approximate surface area is 125 Å². The third kappa shape index (κ3) is 2.80. The summed E-state index contributed by atoms with van der Waals surface area (Å²) in [4.78, 5) is 46.8. The standard InChI is InChI=1S/C14H14N2O6/c1-2-3-7-22-11(17)8-15-13(18)9-5-4-6-10(16(20)21)12(9)14(15)19/h4-6H,2-3,7-8H2,1H3. The topological polar surface area (TPSA) is 107 Å². The fraction of sp³-hybridized carbons (Fsp3) is 0.357. The van der Waals surface area contributed by atoms with E-state index in [-0.39, 0.29) is 17.7 Å². The van der Waals surface area contributed by atoms with E-state index < -0.39 is 34.9 Å². The molecule has 116 valence electrons. The van der Waals surface area contributed by atoms with Gasteiger partial charge in [-0.2, -0.15) is 0 Å². The average molecular weight is 306 g/mol. The summed E-state index contributed by atoms with van der Waals surface area (Å²) in [5, 5.41) is 10.9. The molecule has 0 N–H and O–H groups in total. The molecule has 0 fully saturated rings. The van der Waals surface area contributed by atoms with E-state index in [1.54, 1.807) is 0 Å². The number of nitro groups is 1. The first-order valence-corrected chi connectivity index (χ1v) is 6.76. The summed E-state index contributed by atoms with van der Waals surface area (Å²) in [6.07, 6.45) is 1.52. The maximum absolute atomic E-state index is 12.2. The van der Waals surface area contributed by atoms with Gasteiger partial charge in [0.2, 0.25) is 0 Å². The number of carbonyl (C=O) groups excluding carboxylic acids is 3. The van der Waals surface area contributed by atoms with Crippen LogP contribution in [-0.4, -0.2) is 40.8 Å². The molecule has 8 heteroatoms. The maximum atomic E-state index is 12.2. The molecule has 1 aliphatic rings. The summed E-state index contributed by atoms with van der Waals surface area (Å²) < 4.78 is 4.90. The van der Waals surface area contributed by atoms with E-state index in [0.717, 1.165) is 12.5 Å². The normalized spacial score (nSPS) is 13.2. The van der Waals surface area contributed by atoms with E-state index in [0.29, 0.717) is 11.3 Å². The highest BCUT2D eigenvalue weighted by molar-refractivity contribution is 6.24. The third-order valence-corrected chi connectivity index (χ3v) is 3.22. The second-order valence-corrected chi connectivity index (χ2v) is 4.73. The van der Waals surface area contributed by atoms with E-state index >= 15 is 0 Å². The van der Waals surface area contributed by atoms with Crippen molar-refractivity contribution < 1.29 is 24.0 Å². The molecule has 0 saturated carbocycles. The molecule has 0 saturated heterocycles. The predicted octanol–water partition coefficient (Wildman–Crippen LogP) is 1.53. The Bertz CT molecular complexity index is 655. The highest BCUT2D eigenvalue weighted by atomic mass is 16.6. The summed E-state index contributed by atoms with van der Waals surface area (Å²) >= 11 is 0. The smallest absolute Gasteiger partial charge is 0.326 e. The van der Waals surface area contributed by atoms with Crippen LogP contribution in [0.25, 0.3) is 0 Å². The number of fused-ring (bicyclic) bond motifs is 1. The predicted molar refractivity (Wildman–Crippen MR) is 74.3 cm³/mol. The molecule has 2 rings (SSSR count). The van der Waals surface area contributed by atoms with Crippen molar-refractivity contribution in [3.05, 3.63) is 39.4 Å². The molecule has 0 atom stereocenters. The molecule has 0 aromatic heterocycles. The molecular weight excluding hydrogens is 292 g/mol. The second-order valence-electron chi connectivity index (χ2n) is 4.73. The Morgan fingerprint density at radius 3 is 2.68 bits per heavy atom. The maximum Gasteiger partial charge on any atom is 0.326 e. The van der Waals surface area contributed by atoms with Crippen LogP contribution in [0, 0.1) is 10.1 Å². The number of ether oxygens (including phenoxy) is 1. The first-order chi connectivity index (χ1) is 10.5. The summed E-state index contributed by atoms with van der Waals surface area (Å²) in [7, 11) is 0. The van der Waals surface area contributed by atoms with Crippen LogP contribution in [0.3, 0.4) is 0 Å². The van der Waals surface area contributed by atoms with E-state index in [9.17, 15) is 24.5 Å². The number of nitro benzene ring substituents is 1. The van der Waals surface area contributed by atoms with Crippen molar-refractivity contribution in [1.29, 1.82) is 0 Å². The Morgan fingerprint density at radius 1 is 1.32 bits per heavy atom. The number of hydrogen-bond acceptors (Lipinski definition) is 6. The fourth-order valence-electron chi connectivity index (χ4n) is 2.12. The molecule has 0 spiro atoms. The van der Waals surface area contributed by atoms with Crippen molar-refractivity contribution in [2.45, 2.75) is 19.8 Å². The summed E-state index contributed by atoms with van der Waals surface area (Å²) in [5.41, 5.74) is -0.794. The molecular formula is C14H14N2O6.